The topological polar surface area (TPSA) is 106 Å². The van der Waals surface area contributed by atoms with E-state index in [0.717, 1.165) is 19.4 Å². The molecule has 1 atom stereocenters. The fourth-order valence-electron chi connectivity index (χ4n) is 3.82. The number of aromatic amines is 1. The Balaban J connectivity index is 1.31. The van der Waals surface area contributed by atoms with E-state index in [0.29, 0.717) is 28.8 Å². The Morgan fingerprint density at radius 1 is 1.16 bits per heavy atom. The van der Waals surface area contributed by atoms with Gasteiger partial charge >= 0.3 is 6.01 Å². The number of pyridine rings is 1. The van der Waals surface area contributed by atoms with Gasteiger partial charge in [0.2, 0.25) is 0 Å². The van der Waals surface area contributed by atoms with Crippen molar-refractivity contribution in [2.24, 2.45) is 0 Å². The zero-order valence-electron chi connectivity index (χ0n) is 16.6. The Labute approximate surface area is 177 Å². The number of likely N-dealkylation sites (tertiary alicyclic amines) is 1. The van der Waals surface area contributed by atoms with Gasteiger partial charge in [-0.25, -0.2) is 0 Å². The van der Waals surface area contributed by atoms with Crippen molar-refractivity contribution in [2.45, 2.75) is 18.9 Å². The van der Waals surface area contributed by atoms with Crippen molar-refractivity contribution in [1.29, 1.82) is 0 Å². The lowest BCUT2D eigenvalue weighted by molar-refractivity contribution is 0.0673. The molecule has 1 aliphatic rings. The normalized spacial score (nSPS) is 16.4. The second kappa shape index (κ2) is 8.02. The van der Waals surface area contributed by atoms with E-state index in [4.69, 9.17) is 4.74 Å². The van der Waals surface area contributed by atoms with Crippen LogP contribution in [0.2, 0.25) is 0 Å². The zero-order valence-corrected chi connectivity index (χ0v) is 16.6. The van der Waals surface area contributed by atoms with E-state index in [1.165, 1.54) is 6.20 Å². The molecule has 4 heterocycles. The first-order valence-electron chi connectivity index (χ1n) is 10.1. The summed E-state index contributed by atoms with van der Waals surface area (Å²) in [6, 6.07) is 11.0. The summed E-state index contributed by atoms with van der Waals surface area (Å²) in [4.78, 5) is 37.8. The fraction of sp³-hybridized carbons (Fsp3) is 0.227. The van der Waals surface area contributed by atoms with Gasteiger partial charge in [0.05, 0.1) is 35.5 Å². The highest BCUT2D eigenvalue weighted by Gasteiger charge is 2.26. The predicted octanol–water partition coefficient (Wildman–Crippen LogP) is 2.78. The van der Waals surface area contributed by atoms with Crippen molar-refractivity contribution in [3.05, 3.63) is 77.1 Å². The maximum Gasteiger partial charge on any atom is 0.302 e. The summed E-state index contributed by atoms with van der Waals surface area (Å²) in [7, 11) is 0. The van der Waals surface area contributed by atoms with Gasteiger partial charge in [-0.2, -0.15) is 10.1 Å². The summed E-state index contributed by atoms with van der Waals surface area (Å²) in [6.45, 7) is 1.30. The number of amides is 1. The molecular formula is C22H20N6O3. The number of nitrogens with zero attached hydrogens (tertiary/aromatic N) is 5. The minimum atomic E-state index is -0.294. The van der Waals surface area contributed by atoms with Crippen molar-refractivity contribution in [1.82, 2.24) is 29.6 Å². The standard InChI is InChI=1S/C22H20N6O3/c29-20-18-8-9-23-12-19(18)25-22(26-20)31-17-11-24-28(14-17)16-7-4-10-27(13-16)21(30)15-5-2-1-3-6-15/h1-3,5-6,8-9,11-12,14,16H,4,7,10,13H2,(H,25,26,29). The highest BCUT2D eigenvalue weighted by atomic mass is 16.5. The molecule has 4 aromatic rings. The molecule has 1 amide bonds. The van der Waals surface area contributed by atoms with E-state index in [2.05, 4.69) is 20.1 Å². The minimum Gasteiger partial charge on any atom is -0.422 e. The van der Waals surface area contributed by atoms with Crippen LogP contribution in [0, 0.1) is 0 Å². The number of nitrogens with one attached hydrogen (secondary N) is 1. The van der Waals surface area contributed by atoms with Crippen LogP contribution in [-0.2, 0) is 0 Å². The van der Waals surface area contributed by atoms with Crippen LogP contribution in [0.3, 0.4) is 0 Å². The largest absolute Gasteiger partial charge is 0.422 e. The van der Waals surface area contributed by atoms with Gasteiger partial charge in [0.25, 0.3) is 11.5 Å². The number of fused-ring (bicyclic) bond motifs is 1. The number of carbonyl (C=O) groups is 1. The lowest BCUT2D eigenvalue weighted by atomic mass is 10.0. The third kappa shape index (κ3) is 3.89. The molecule has 9 heteroatoms. The molecule has 3 aromatic heterocycles. The first kappa shape index (κ1) is 19.0. The van der Waals surface area contributed by atoms with Crippen LogP contribution >= 0.6 is 0 Å². The van der Waals surface area contributed by atoms with Gasteiger partial charge in [-0.3, -0.25) is 24.2 Å². The van der Waals surface area contributed by atoms with Crippen LogP contribution < -0.4 is 10.3 Å². The van der Waals surface area contributed by atoms with Crippen LogP contribution in [0.1, 0.15) is 29.2 Å². The van der Waals surface area contributed by atoms with Crippen molar-refractivity contribution in [2.75, 3.05) is 13.1 Å². The van der Waals surface area contributed by atoms with Crippen LogP contribution in [-0.4, -0.2) is 48.6 Å². The monoisotopic (exact) mass is 416 g/mol. The lowest BCUT2D eigenvalue weighted by Gasteiger charge is -2.32. The van der Waals surface area contributed by atoms with Gasteiger partial charge in [-0.15, -0.1) is 0 Å². The number of aromatic nitrogens is 5. The average Bonchev–Trinajstić information content (AvgIpc) is 3.28. The van der Waals surface area contributed by atoms with E-state index in [1.807, 2.05) is 35.2 Å². The summed E-state index contributed by atoms with van der Waals surface area (Å²) in [5.74, 6) is 0.485. The quantitative estimate of drug-likeness (QED) is 0.548. The molecule has 9 nitrogen and oxygen atoms in total. The molecule has 1 unspecified atom stereocenters. The van der Waals surface area contributed by atoms with Crippen LogP contribution in [0.15, 0.2) is 66.0 Å². The van der Waals surface area contributed by atoms with Crippen molar-refractivity contribution in [3.63, 3.8) is 0 Å². The van der Waals surface area contributed by atoms with Crippen molar-refractivity contribution >= 4 is 16.8 Å². The maximum atomic E-state index is 12.8. The smallest absolute Gasteiger partial charge is 0.302 e. The molecule has 31 heavy (non-hydrogen) atoms. The Morgan fingerprint density at radius 2 is 2.03 bits per heavy atom. The summed E-state index contributed by atoms with van der Waals surface area (Å²) >= 11 is 0. The molecule has 1 aliphatic heterocycles. The number of piperidine rings is 1. The van der Waals surface area contributed by atoms with Crippen molar-refractivity contribution < 1.29 is 9.53 Å². The molecule has 1 aromatic carbocycles. The number of benzene rings is 1. The summed E-state index contributed by atoms with van der Waals surface area (Å²) in [6.07, 6.45) is 8.20. The number of hydrogen-bond acceptors (Lipinski definition) is 6. The molecule has 156 valence electrons. The first-order chi connectivity index (χ1) is 15.2. The fourth-order valence-corrected chi connectivity index (χ4v) is 3.82. The Kier molecular flexibility index (Phi) is 4.91. The summed E-state index contributed by atoms with van der Waals surface area (Å²) in [5.41, 5.74) is 0.849. The van der Waals surface area contributed by atoms with E-state index in [-0.39, 0.29) is 23.5 Å². The van der Waals surface area contributed by atoms with E-state index >= 15 is 0 Å². The van der Waals surface area contributed by atoms with Gasteiger partial charge in [0.15, 0.2) is 5.75 Å². The van der Waals surface area contributed by atoms with Gasteiger partial charge in [0, 0.05) is 24.8 Å². The second-order valence-electron chi connectivity index (χ2n) is 7.44. The maximum absolute atomic E-state index is 12.8. The molecule has 0 aliphatic carbocycles. The highest BCUT2D eigenvalue weighted by molar-refractivity contribution is 5.94. The zero-order chi connectivity index (χ0) is 21.2. The average molecular weight is 416 g/mol. The molecule has 0 spiro atoms. The van der Waals surface area contributed by atoms with Gasteiger partial charge in [-0.05, 0) is 31.0 Å². The van der Waals surface area contributed by atoms with Gasteiger partial charge < -0.3 is 9.64 Å². The van der Waals surface area contributed by atoms with E-state index in [9.17, 15) is 9.59 Å². The Bertz CT molecular complexity index is 1280. The summed E-state index contributed by atoms with van der Waals surface area (Å²) in [5, 5.41) is 4.86. The molecular weight excluding hydrogens is 396 g/mol. The third-order valence-electron chi connectivity index (χ3n) is 5.36. The molecule has 1 N–H and O–H groups in total. The number of hydrogen-bond donors (Lipinski definition) is 1. The third-order valence-corrected chi connectivity index (χ3v) is 5.36. The second-order valence-corrected chi connectivity index (χ2v) is 7.44. The van der Waals surface area contributed by atoms with Gasteiger partial charge in [0.1, 0.15) is 0 Å². The Hall–Kier alpha value is -4.01. The van der Waals surface area contributed by atoms with Crippen LogP contribution in [0.25, 0.3) is 10.9 Å². The number of carbonyl (C=O) groups excluding carboxylic acids is 1. The molecule has 0 radical (unpaired) electrons. The Morgan fingerprint density at radius 3 is 2.90 bits per heavy atom. The van der Waals surface area contributed by atoms with E-state index < -0.39 is 0 Å². The molecule has 0 saturated carbocycles. The number of H-pyrrole nitrogens is 1. The number of ether oxygens (including phenoxy) is 1. The molecule has 1 fully saturated rings. The molecule has 1 saturated heterocycles. The van der Waals surface area contributed by atoms with Crippen LogP contribution in [0.4, 0.5) is 0 Å². The van der Waals surface area contributed by atoms with Crippen LogP contribution in [0.5, 0.6) is 11.8 Å². The highest BCUT2D eigenvalue weighted by Crippen LogP contribution is 2.25. The number of rotatable bonds is 4. The minimum absolute atomic E-state index is 0.0282. The predicted molar refractivity (Wildman–Crippen MR) is 113 cm³/mol. The molecule has 5 rings (SSSR count). The van der Waals surface area contributed by atoms with Gasteiger partial charge in [-0.1, -0.05) is 18.2 Å². The lowest BCUT2D eigenvalue weighted by Crippen LogP contribution is -2.40. The first-order valence-corrected chi connectivity index (χ1v) is 10.1. The summed E-state index contributed by atoms with van der Waals surface area (Å²) < 4.78 is 7.53. The molecule has 0 bridgehead atoms. The van der Waals surface area contributed by atoms with Crippen molar-refractivity contribution in [3.8, 4) is 11.8 Å². The van der Waals surface area contributed by atoms with E-state index in [1.54, 1.807) is 29.3 Å². The SMILES string of the molecule is O=C(c1ccccc1)N1CCCC(n2cc(Oc3nc4cnccc4c(=O)[nH]3)cn2)C1.